The summed E-state index contributed by atoms with van der Waals surface area (Å²) in [7, 11) is 0. The van der Waals surface area contributed by atoms with Gasteiger partial charge in [0.2, 0.25) is 0 Å². The van der Waals surface area contributed by atoms with Gasteiger partial charge in [-0.05, 0) is 50.3 Å². The molecule has 0 radical (unpaired) electrons. The number of hydrogen-bond acceptors (Lipinski definition) is 3. The van der Waals surface area contributed by atoms with Crippen molar-refractivity contribution in [3.05, 3.63) is 46.1 Å². The van der Waals surface area contributed by atoms with Crippen LogP contribution in [0.2, 0.25) is 10.0 Å². The molecule has 1 saturated heterocycles. The van der Waals surface area contributed by atoms with Gasteiger partial charge in [0.25, 0.3) is 0 Å². The molecule has 136 valence electrons. The van der Waals surface area contributed by atoms with E-state index >= 15 is 0 Å². The predicted octanol–water partition coefficient (Wildman–Crippen LogP) is 5.03. The monoisotopic (exact) mass is 383 g/mol. The zero-order valence-electron chi connectivity index (χ0n) is 14.6. The number of likely N-dealkylation sites (tertiary alicyclic amines) is 1. The maximum atomic E-state index is 12.4. The molecule has 3 atom stereocenters. The van der Waals surface area contributed by atoms with Gasteiger partial charge < -0.3 is 14.4 Å². The lowest BCUT2D eigenvalue weighted by Gasteiger charge is -2.30. The quantitative estimate of drug-likeness (QED) is 0.684. The number of carbonyl (C=O) groups is 1. The van der Waals surface area contributed by atoms with Gasteiger partial charge in [-0.25, -0.2) is 4.79 Å². The molecule has 1 heterocycles. The molecule has 0 spiro atoms. The van der Waals surface area contributed by atoms with Crippen molar-refractivity contribution in [1.82, 2.24) is 4.90 Å². The Kier molecular flexibility index (Phi) is 5.33. The van der Waals surface area contributed by atoms with E-state index in [0.717, 1.165) is 18.4 Å². The summed E-state index contributed by atoms with van der Waals surface area (Å²) in [4.78, 5) is 14.1. The van der Waals surface area contributed by atoms with Crippen molar-refractivity contribution >= 4 is 29.3 Å². The molecule has 0 aromatic heterocycles. The van der Waals surface area contributed by atoms with E-state index in [0.29, 0.717) is 41.4 Å². The van der Waals surface area contributed by atoms with Gasteiger partial charge in [-0.15, -0.1) is 0 Å². The van der Waals surface area contributed by atoms with E-state index in [9.17, 15) is 4.79 Å². The average molecular weight is 384 g/mol. The normalized spacial score (nSPS) is 28.1. The highest BCUT2D eigenvalue weighted by Crippen LogP contribution is 2.52. The zero-order valence-corrected chi connectivity index (χ0v) is 16.1. The molecule has 25 heavy (non-hydrogen) atoms. The SMILES string of the molecule is C=C(C)OC(=O)N1C[C@H]2C[C@@H](OCC)C[C@@]2(c2ccc(Cl)c(Cl)c2)C1. The molecular weight excluding hydrogens is 361 g/mol. The van der Waals surface area contributed by atoms with E-state index in [4.69, 9.17) is 32.7 Å². The molecule has 1 saturated carbocycles. The van der Waals surface area contributed by atoms with E-state index < -0.39 is 0 Å². The second-order valence-electron chi connectivity index (χ2n) is 6.95. The first-order valence-electron chi connectivity index (χ1n) is 8.55. The number of amides is 1. The molecule has 1 aliphatic heterocycles. The molecule has 0 unspecified atom stereocenters. The standard InChI is InChI=1S/C19H23Cl2NO3/c1-4-24-15-7-14-10-22(18(23)25-12(2)3)11-19(14,9-15)13-5-6-16(20)17(21)8-13/h5-6,8,14-15H,2,4,7,9-11H2,1,3H3/t14-,15-,19+/m1/s1. The summed E-state index contributed by atoms with van der Waals surface area (Å²) in [6.07, 6.45) is 1.64. The molecule has 1 aromatic carbocycles. The minimum absolute atomic E-state index is 0.178. The number of halogens is 2. The van der Waals surface area contributed by atoms with E-state index in [1.54, 1.807) is 11.8 Å². The number of allylic oxidation sites excluding steroid dienone is 1. The third-order valence-corrected chi connectivity index (χ3v) is 5.99. The highest BCUT2D eigenvalue weighted by molar-refractivity contribution is 6.42. The van der Waals surface area contributed by atoms with Crippen LogP contribution in [0.4, 0.5) is 4.79 Å². The average Bonchev–Trinajstić information content (AvgIpc) is 3.04. The third kappa shape index (κ3) is 3.53. The predicted molar refractivity (Wildman–Crippen MR) is 99.1 cm³/mol. The number of fused-ring (bicyclic) bond motifs is 1. The molecule has 3 rings (SSSR count). The first-order chi connectivity index (χ1) is 11.9. The molecule has 4 nitrogen and oxygen atoms in total. The number of nitrogens with zero attached hydrogens (tertiary/aromatic N) is 1. The van der Waals surface area contributed by atoms with Gasteiger partial charge in [0, 0.05) is 25.1 Å². The van der Waals surface area contributed by atoms with Crippen LogP contribution in [0.5, 0.6) is 0 Å². The molecule has 1 aliphatic carbocycles. The molecule has 6 heteroatoms. The summed E-state index contributed by atoms with van der Waals surface area (Å²) >= 11 is 12.4. The molecule has 1 aromatic rings. The second-order valence-corrected chi connectivity index (χ2v) is 7.76. The highest BCUT2D eigenvalue weighted by atomic mass is 35.5. The molecule has 0 bridgehead atoms. The molecule has 2 aliphatic rings. The Morgan fingerprint density at radius 1 is 1.40 bits per heavy atom. The lowest BCUT2D eigenvalue weighted by atomic mass is 9.74. The van der Waals surface area contributed by atoms with E-state index in [-0.39, 0.29) is 17.6 Å². The Bertz CT molecular complexity index is 693. The van der Waals surface area contributed by atoms with Gasteiger partial charge in [0.05, 0.1) is 21.9 Å². The zero-order chi connectivity index (χ0) is 18.2. The Labute approximate surface area is 158 Å². The fourth-order valence-electron chi connectivity index (χ4n) is 4.28. The summed E-state index contributed by atoms with van der Waals surface area (Å²) < 4.78 is 11.1. The maximum absolute atomic E-state index is 12.4. The summed E-state index contributed by atoms with van der Waals surface area (Å²) in [5.41, 5.74) is 0.932. The van der Waals surface area contributed by atoms with Gasteiger partial charge >= 0.3 is 6.09 Å². The van der Waals surface area contributed by atoms with Crippen LogP contribution < -0.4 is 0 Å². The molecular formula is C19H23Cl2NO3. The summed E-state index contributed by atoms with van der Waals surface area (Å²) in [6, 6.07) is 5.77. The number of benzene rings is 1. The summed E-state index contributed by atoms with van der Waals surface area (Å²) in [6.45, 7) is 9.26. The van der Waals surface area contributed by atoms with Crippen molar-refractivity contribution < 1.29 is 14.3 Å². The largest absolute Gasteiger partial charge is 0.416 e. The topological polar surface area (TPSA) is 38.8 Å². The number of ether oxygens (including phenoxy) is 2. The fourth-order valence-corrected chi connectivity index (χ4v) is 4.58. The van der Waals surface area contributed by atoms with Crippen molar-refractivity contribution in [1.29, 1.82) is 0 Å². The highest BCUT2D eigenvalue weighted by Gasteiger charge is 2.55. The lowest BCUT2D eigenvalue weighted by molar-refractivity contribution is 0.0567. The Morgan fingerprint density at radius 3 is 2.80 bits per heavy atom. The van der Waals surface area contributed by atoms with Gasteiger partial charge in [-0.1, -0.05) is 35.8 Å². The van der Waals surface area contributed by atoms with E-state index in [1.807, 2.05) is 25.1 Å². The molecule has 1 amide bonds. The van der Waals surface area contributed by atoms with Crippen LogP contribution in [-0.2, 0) is 14.9 Å². The number of rotatable bonds is 4. The minimum atomic E-state index is -0.339. The van der Waals surface area contributed by atoms with Crippen LogP contribution in [0.25, 0.3) is 0 Å². The van der Waals surface area contributed by atoms with E-state index in [1.165, 1.54) is 0 Å². The van der Waals surface area contributed by atoms with Gasteiger partial charge in [0.1, 0.15) is 0 Å². The van der Waals surface area contributed by atoms with Gasteiger partial charge in [-0.3, -0.25) is 0 Å². The van der Waals surface area contributed by atoms with Gasteiger partial charge in [0.15, 0.2) is 0 Å². The maximum Gasteiger partial charge on any atom is 0.414 e. The van der Waals surface area contributed by atoms with E-state index in [2.05, 4.69) is 6.58 Å². The van der Waals surface area contributed by atoms with Crippen molar-refractivity contribution in [3.8, 4) is 0 Å². The van der Waals surface area contributed by atoms with Crippen LogP contribution in [0.1, 0.15) is 32.3 Å². The van der Waals surface area contributed by atoms with Crippen LogP contribution >= 0.6 is 23.2 Å². The molecule has 0 N–H and O–H groups in total. The number of carbonyl (C=O) groups excluding carboxylic acids is 1. The minimum Gasteiger partial charge on any atom is -0.416 e. The van der Waals surface area contributed by atoms with Gasteiger partial charge in [-0.2, -0.15) is 0 Å². The Morgan fingerprint density at radius 2 is 2.16 bits per heavy atom. The number of hydrogen-bond donors (Lipinski definition) is 0. The Hall–Kier alpha value is -1.23. The first-order valence-corrected chi connectivity index (χ1v) is 9.30. The summed E-state index contributed by atoms with van der Waals surface area (Å²) in [5, 5.41) is 1.07. The van der Waals surface area contributed by atoms with Crippen molar-refractivity contribution in [3.63, 3.8) is 0 Å². The second kappa shape index (κ2) is 7.18. The van der Waals surface area contributed by atoms with Crippen molar-refractivity contribution in [2.75, 3.05) is 19.7 Å². The first kappa shape index (κ1) is 18.6. The van der Waals surface area contributed by atoms with Crippen molar-refractivity contribution in [2.24, 2.45) is 5.92 Å². The van der Waals surface area contributed by atoms with Crippen LogP contribution in [0.15, 0.2) is 30.5 Å². The third-order valence-electron chi connectivity index (χ3n) is 5.25. The lowest BCUT2D eigenvalue weighted by Crippen LogP contribution is -2.36. The van der Waals surface area contributed by atoms with Crippen LogP contribution in [0, 0.1) is 5.92 Å². The van der Waals surface area contributed by atoms with Crippen LogP contribution in [-0.4, -0.2) is 36.8 Å². The van der Waals surface area contributed by atoms with Crippen molar-refractivity contribution in [2.45, 2.75) is 38.2 Å². The molecule has 2 fully saturated rings. The smallest absolute Gasteiger partial charge is 0.414 e. The Balaban J connectivity index is 1.91. The van der Waals surface area contributed by atoms with Crippen LogP contribution in [0.3, 0.4) is 0 Å². The fraction of sp³-hybridized carbons (Fsp3) is 0.526. The summed E-state index contributed by atoms with van der Waals surface area (Å²) in [5.74, 6) is 0.705.